The molecule has 0 radical (unpaired) electrons. The smallest absolute Gasteiger partial charge is 0.310 e. The molecule has 1 saturated heterocycles. The number of hydrogen-bond donors (Lipinski definition) is 1. The quantitative estimate of drug-likeness (QED) is 0.467. The minimum absolute atomic E-state index is 0.00532. The zero-order valence-corrected chi connectivity index (χ0v) is 14.4. The number of piperidine rings is 1. The van der Waals surface area contributed by atoms with Crippen molar-refractivity contribution >= 4 is 17.4 Å². The number of hydrogen-bond acceptors (Lipinski definition) is 6. The number of rotatable bonds is 7. The van der Waals surface area contributed by atoms with Crippen LogP contribution in [0.15, 0.2) is 18.2 Å². The fourth-order valence-corrected chi connectivity index (χ4v) is 2.95. The van der Waals surface area contributed by atoms with E-state index < -0.39 is 0 Å². The van der Waals surface area contributed by atoms with Gasteiger partial charge in [0.15, 0.2) is 5.78 Å². The Morgan fingerprint density at radius 2 is 2.08 bits per heavy atom. The van der Waals surface area contributed by atoms with E-state index in [1.54, 1.807) is 25.1 Å². The van der Waals surface area contributed by atoms with E-state index in [2.05, 4.69) is 0 Å². The molecule has 6 heteroatoms. The van der Waals surface area contributed by atoms with Gasteiger partial charge in [-0.05, 0) is 51.4 Å². The molecule has 1 atom stereocenters. The number of ketones is 1. The van der Waals surface area contributed by atoms with Crippen LogP contribution >= 0.6 is 0 Å². The zero-order chi connectivity index (χ0) is 17.5. The van der Waals surface area contributed by atoms with Crippen molar-refractivity contribution in [2.45, 2.75) is 26.7 Å². The molecule has 0 spiro atoms. The standard InChI is InChI=1S/C18H26N2O4/c1-3-23-17-8-7-13(10-15(17)19)16(21)12-20-9-5-6-14(11-20)18(22)24-4-2/h7-8,10,14H,3-6,9,11-12,19H2,1-2H3. The molecule has 132 valence electrons. The first-order chi connectivity index (χ1) is 11.5. The molecule has 24 heavy (non-hydrogen) atoms. The highest BCUT2D eigenvalue weighted by Gasteiger charge is 2.28. The van der Waals surface area contributed by atoms with E-state index in [-0.39, 0.29) is 24.2 Å². The highest BCUT2D eigenvalue weighted by molar-refractivity contribution is 5.98. The Hall–Kier alpha value is -2.08. The number of benzene rings is 1. The predicted octanol–water partition coefficient (Wildman–Crippen LogP) is 2.13. The van der Waals surface area contributed by atoms with Gasteiger partial charge in [0.1, 0.15) is 5.75 Å². The molecule has 1 aromatic carbocycles. The third kappa shape index (κ3) is 4.71. The van der Waals surface area contributed by atoms with Crippen LogP contribution in [0.3, 0.4) is 0 Å². The van der Waals surface area contributed by atoms with Gasteiger partial charge in [0.05, 0.1) is 31.4 Å². The van der Waals surface area contributed by atoms with E-state index in [1.807, 2.05) is 11.8 Å². The monoisotopic (exact) mass is 334 g/mol. The summed E-state index contributed by atoms with van der Waals surface area (Å²) in [5.74, 6) is 0.278. The van der Waals surface area contributed by atoms with Crippen molar-refractivity contribution in [1.82, 2.24) is 4.90 Å². The summed E-state index contributed by atoms with van der Waals surface area (Å²) in [4.78, 5) is 26.4. The first-order valence-electron chi connectivity index (χ1n) is 8.49. The van der Waals surface area contributed by atoms with Crippen molar-refractivity contribution in [2.24, 2.45) is 5.92 Å². The van der Waals surface area contributed by atoms with E-state index in [4.69, 9.17) is 15.2 Å². The number of anilines is 1. The van der Waals surface area contributed by atoms with Gasteiger partial charge in [0, 0.05) is 12.1 Å². The molecule has 0 aliphatic carbocycles. The van der Waals surface area contributed by atoms with Gasteiger partial charge in [-0.1, -0.05) is 0 Å². The first kappa shape index (κ1) is 18.3. The Labute approximate surface area is 142 Å². The van der Waals surface area contributed by atoms with Crippen molar-refractivity contribution in [3.05, 3.63) is 23.8 Å². The van der Waals surface area contributed by atoms with Crippen LogP contribution in [-0.2, 0) is 9.53 Å². The molecule has 1 aromatic rings. The normalized spacial score (nSPS) is 18.2. The number of esters is 1. The SMILES string of the molecule is CCOC(=O)C1CCCN(CC(=O)c2ccc(OCC)c(N)c2)C1. The summed E-state index contributed by atoms with van der Waals surface area (Å²) >= 11 is 0. The largest absolute Gasteiger partial charge is 0.492 e. The number of nitrogen functional groups attached to an aromatic ring is 1. The molecule has 1 aliphatic heterocycles. The molecule has 0 amide bonds. The van der Waals surface area contributed by atoms with Gasteiger partial charge in [0.2, 0.25) is 0 Å². The second kappa shape index (κ2) is 8.68. The Balaban J connectivity index is 1.96. The van der Waals surface area contributed by atoms with Crippen molar-refractivity contribution in [2.75, 3.05) is 38.6 Å². The van der Waals surface area contributed by atoms with Crippen LogP contribution in [0.2, 0.25) is 0 Å². The number of carbonyl (C=O) groups is 2. The molecule has 2 rings (SSSR count). The number of nitrogens with two attached hydrogens (primary N) is 1. The van der Waals surface area contributed by atoms with Gasteiger partial charge in [-0.15, -0.1) is 0 Å². The Morgan fingerprint density at radius 3 is 2.75 bits per heavy atom. The second-order valence-corrected chi connectivity index (χ2v) is 5.94. The van der Waals surface area contributed by atoms with Crippen LogP contribution in [0.4, 0.5) is 5.69 Å². The lowest BCUT2D eigenvalue weighted by Crippen LogP contribution is -2.41. The number of Topliss-reactive ketones (excluding diaryl/α,β-unsaturated/α-hetero) is 1. The lowest BCUT2D eigenvalue weighted by atomic mass is 9.97. The summed E-state index contributed by atoms with van der Waals surface area (Å²) in [5.41, 5.74) is 6.95. The lowest BCUT2D eigenvalue weighted by Gasteiger charge is -2.30. The summed E-state index contributed by atoms with van der Waals surface area (Å²) in [6.07, 6.45) is 1.71. The molecule has 1 aliphatic rings. The molecule has 1 unspecified atom stereocenters. The Bertz CT molecular complexity index is 588. The minimum atomic E-state index is -0.167. The summed E-state index contributed by atoms with van der Waals surface area (Å²) in [6.45, 7) is 6.27. The molecule has 0 bridgehead atoms. The average molecular weight is 334 g/mol. The Morgan fingerprint density at radius 1 is 1.29 bits per heavy atom. The molecule has 1 heterocycles. The van der Waals surface area contributed by atoms with Crippen LogP contribution in [0.5, 0.6) is 5.75 Å². The zero-order valence-electron chi connectivity index (χ0n) is 14.4. The molecular weight excluding hydrogens is 308 g/mol. The molecule has 0 saturated carbocycles. The van der Waals surface area contributed by atoms with Crippen molar-refractivity contribution in [3.8, 4) is 5.75 Å². The van der Waals surface area contributed by atoms with Crippen LogP contribution in [-0.4, -0.2) is 49.5 Å². The fourth-order valence-electron chi connectivity index (χ4n) is 2.95. The number of likely N-dealkylation sites (tertiary alicyclic amines) is 1. The second-order valence-electron chi connectivity index (χ2n) is 5.94. The number of carbonyl (C=O) groups excluding carboxylic acids is 2. The number of nitrogens with zero attached hydrogens (tertiary/aromatic N) is 1. The van der Waals surface area contributed by atoms with Crippen LogP contribution in [0, 0.1) is 5.92 Å². The van der Waals surface area contributed by atoms with Gasteiger partial charge in [0.25, 0.3) is 0 Å². The topological polar surface area (TPSA) is 81.9 Å². The maximum atomic E-state index is 12.5. The van der Waals surface area contributed by atoms with Gasteiger partial charge < -0.3 is 15.2 Å². The summed E-state index contributed by atoms with van der Waals surface area (Å²) in [7, 11) is 0. The highest BCUT2D eigenvalue weighted by atomic mass is 16.5. The van der Waals surface area contributed by atoms with Crippen molar-refractivity contribution < 1.29 is 19.1 Å². The summed E-state index contributed by atoms with van der Waals surface area (Å²) in [5, 5.41) is 0. The third-order valence-electron chi connectivity index (χ3n) is 4.12. The van der Waals surface area contributed by atoms with Crippen LogP contribution < -0.4 is 10.5 Å². The number of ether oxygens (including phenoxy) is 2. The van der Waals surface area contributed by atoms with E-state index in [0.717, 1.165) is 19.4 Å². The van der Waals surface area contributed by atoms with E-state index in [0.29, 0.717) is 36.8 Å². The summed E-state index contributed by atoms with van der Waals surface area (Å²) in [6, 6.07) is 5.11. The average Bonchev–Trinajstić information content (AvgIpc) is 2.57. The molecular formula is C18H26N2O4. The minimum Gasteiger partial charge on any atom is -0.492 e. The first-order valence-corrected chi connectivity index (χ1v) is 8.49. The highest BCUT2D eigenvalue weighted by Crippen LogP contribution is 2.23. The molecule has 2 N–H and O–H groups in total. The molecule has 0 aromatic heterocycles. The van der Waals surface area contributed by atoms with Crippen LogP contribution in [0.25, 0.3) is 0 Å². The summed E-state index contributed by atoms with van der Waals surface area (Å²) < 4.78 is 10.5. The van der Waals surface area contributed by atoms with Gasteiger partial charge >= 0.3 is 5.97 Å². The fraction of sp³-hybridized carbons (Fsp3) is 0.556. The Kier molecular flexibility index (Phi) is 6.61. The lowest BCUT2D eigenvalue weighted by molar-refractivity contribution is -0.149. The molecule has 1 fully saturated rings. The van der Waals surface area contributed by atoms with E-state index in [9.17, 15) is 9.59 Å². The maximum absolute atomic E-state index is 12.5. The third-order valence-corrected chi connectivity index (χ3v) is 4.12. The van der Waals surface area contributed by atoms with Crippen molar-refractivity contribution in [3.63, 3.8) is 0 Å². The van der Waals surface area contributed by atoms with E-state index >= 15 is 0 Å². The van der Waals surface area contributed by atoms with Crippen LogP contribution in [0.1, 0.15) is 37.0 Å². The van der Waals surface area contributed by atoms with E-state index in [1.165, 1.54) is 0 Å². The molecule has 6 nitrogen and oxygen atoms in total. The van der Waals surface area contributed by atoms with Gasteiger partial charge in [-0.2, -0.15) is 0 Å². The van der Waals surface area contributed by atoms with Crippen molar-refractivity contribution in [1.29, 1.82) is 0 Å². The van der Waals surface area contributed by atoms with Gasteiger partial charge in [-0.25, -0.2) is 0 Å². The predicted molar refractivity (Wildman–Crippen MR) is 92.2 cm³/mol. The van der Waals surface area contributed by atoms with Gasteiger partial charge in [-0.3, -0.25) is 14.5 Å². The maximum Gasteiger partial charge on any atom is 0.310 e.